The molecule has 0 atom stereocenters. The fraction of sp³-hybridized carbons (Fsp3) is 0.182. The van der Waals surface area contributed by atoms with E-state index in [1.165, 1.54) is 13.2 Å². The van der Waals surface area contributed by atoms with Gasteiger partial charge in [0, 0.05) is 5.69 Å². The van der Waals surface area contributed by atoms with Gasteiger partial charge < -0.3 is 20.5 Å². The lowest BCUT2D eigenvalue weighted by atomic mass is 10.2. The molecule has 7 nitrogen and oxygen atoms in total. The van der Waals surface area contributed by atoms with E-state index in [0.717, 1.165) is 12.1 Å². The molecular weight excluding hydrogens is 259 g/mol. The molecule has 102 valence electrons. The van der Waals surface area contributed by atoms with Crippen LogP contribution in [0.25, 0.3) is 0 Å². The summed E-state index contributed by atoms with van der Waals surface area (Å²) < 4.78 is 17.6. The molecule has 0 heterocycles. The van der Waals surface area contributed by atoms with E-state index in [-0.39, 0.29) is 12.2 Å². The summed E-state index contributed by atoms with van der Waals surface area (Å²) in [6.07, 6.45) is 0. The summed E-state index contributed by atoms with van der Waals surface area (Å²) in [7, 11) is 1.17. The minimum absolute atomic E-state index is 0.0601. The number of carbonyl (C=O) groups is 3. The minimum Gasteiger partial charge on any atom is -0.478 e. The lowest BCUT2D eigenvalue weighted by Gasteiger charge is -2.07. The number of carbonyl (C=O) groups excluding carboxylic acids is 2. The van der Waals surface area contributed by atoms with Crippen molar-refractivity contribution in [1.82, 2.24) is 5.32 Å². The summed E-state index contributed by atoms with van der Waals surface area (Å²) in [6, 6.07) is 2.37. The molecule has 1 aromatic rings. The van der Waals surface area contributed by atoms with E-state index in [0.29, 0.717) is 0 Å². The smallest absolute Gasteiger partial charge is 0.338 e. The van der Waals surface area contributed by atoms with Crippen molar-refractivity contribution in [1.29, 1.82) is 0 Å². The highest BCUT2D eigenvalue weighted by Crippen LogP contribution is 2.14. The van der Waals surface area contributed by atoms with Crippen molar-refractivity contribution < 1.29 is 28.6 Å². The van der Waals surface area contributed by atoms with Gasteiger partial charge in [0.15, 0.2) is 0 Å². The lowest BCUT2D eigenvalue weighted by molar-refractivity contribution is -0.139. The maximum atomic E-state index is 13.3. The highest BCUT2D eigenvalue weighted by atomic mass is 19.1. The van der Waals surface area contributed by atoms with Crippen LogP contribution in [-0.2, 0) is 9.53 Å². The topological polar surface area (TPSA) is 105 Å². The molecule has 0 saturated heterocycles. The van der Waals surface area contributed by atoms with Crippen LogP contribution in [0.2, 0.25) is 0 Å². The number of halogens is 1. The van der Waals surface area contributed by atoms with Crippen molar-refractivity contribution >= 4 is 23.7 Å². The Balaban J connectivity index is 2.63. The van der Waals surface area contributed by atoms with Crippen LogP contribution in [0.5, 0.6) is 0 Å². The molecule has 0 fully saturated rings. The average molecular weight is 270 g/mol. The first-order valence-electron chi connectivity index (χ1n) is 5.08. The molecule has 0 aliphatic heterocycles. The molecule has 0 aliphatic rings. The quantitative estimate of drug-likeness (QED) is 0.702. The number of ether oxygens (including phenoxy) is 1. The van der Waals surface area contributed by atoms with Crippen LogP contribution in [0.15, 0.2) is 18.2 Å². The van der Waals surface area contributed by atoms with Crippen LogP contribution in [0.1, 0.15) is 10.4 Å². The van der Waals surface area contributed by atoms with Crippen LogP contribution in [-0.4, -0.2) is 36.7 Å². The molecule has 0 saturated carbocycles. The number of methoxy groups -OCH3 is 1. The van der Waals surface area contributed by atoms with Crippen molar-refractivity contribution in [3.8, 4) is 0 Å². The predicted octanol–water partition coefficient (Wildman–Crippen LogP) is 0.818. The van der Waals surface area contributed by atoms with E-state index in [1.54, 1.807) is 0 Å². The largest absolute Gasteiger partial charge is 0.478 e. The van der Waals surface area contributed by atoms with Crippen LogP contribution in [0.3, 0.4) is 0 Å². The van der Waals surface area contributed by atoms with E-state index in [1.807, 2.05) is 0 Å². The van der Waals surface area contributed by atoms with Gasteiger partial charge in [0.1, 0.15) is 12.4 Å². The number of urea groups is 1. The van der Waals surface area contributed by atoms with Gasteiger partial charge in [-0.1, -0.05) is 0 Å². The van der Waals surface area contributed by atoms with Crippen molar-refractivity contribution in [2.75, 3.05) is 19.0 Å². The zero-order valence-electron chi connectivity index (χ0n) is 9.90. The number of benzene rings is 1. The van der Waals surface area contributed by atoms with Gasteiger partial charge in [0.2, 0.25) is 0 Å². The van der Waals surface area contributed by atoms with E-state index in [2.05, 4.69) is 15.4 Å². The standard InChI is InChI=1S/C11H11FN2O5/c1-19-9(15)5-13-11(18)14-6-2-3-7(10(16)17)8(12)4-6/h2-4H,5H2,1H3,(H,16,17)(H2,13,14,18). The van der Waals surface area contributed by atoms with Gasteiger partial charge in [-0.05, 0) is 18.2 Å². The Hall–Kier alpha value is -2.64. The normalized spacial score (nSPS) is 9.58. The van der Waals surface area contributed by atoms with E-state index < -0.39 is 29.4 Å². The molecule has 19 heavy (non-hydrogen) atoms. The highest BCUT2D eigenvalue weighted by Gasteiger charge is 2.11. The number of anilines is 1. The van der Waals surface area contributed by atoms with Crippen molar-refractivity contribution in [3.05, 3.63) is 29.6 Å². The van der Waals surface area contributed by atoms with E-state index >= 15 is 0 Å². The van der Waals surface area contributed by atoms with Gasteiger partial charge in [-0.15, -0.1) is 0 Å². The van der Waals surface area contributed by atoms with Gasteiger partial charge in [-0.2, -0.15) is 0 Å². The van der Waals surface area contributed by atoms with Crippen molar-refractivity contribution in [2.24, 2.45) is 0 Å². The number of carboxylic acids is 1. The Kier molecular flexibility index (Phi) is 4.81. The Morgan fingerprint density at radius 2 is 2.05 bits per heavy atom. The number of rotatable bonds is 4. The van der Waals surface area contributed by atoms with Gasteiger partial charge in [-0.3, -0.25) is 4.79 Å². The van der Waals surface area contributed by atoms with Crippen molar-refractivity contribution in [3.63, 3.8) is 0 Å². The number of hydrogen-bond donors (Lipinski definition) is 3. The summed E-state index contributed by atoms with van der Waals surface area (Å²) in [4.78, 5) is 32.6. The summed E-state index contributed by atoms with van der Waals surface area (Å²) >= 11 is 0. The SMILES string of the molecule is COC(=O)CNC(=O)Nc1ccc(C(=O)O)c(F)c1. The summed E-state index contributed by atoms with van der Waals surface area (Å²) in [5, 5.41) is 13.0. The molecule has 0 spiro atoms. The maximum absolute atomic E-state index is 13.3. The second kappa shape index (κ2) is 6.34. The third-order valence-corrected chi connectivity index (χ3v) is 2.08. The number of esters is 1. The summed E-state index contributed by atoms with van der Waals surface area (Å²) in [6.45, 7) is -0.335. The number of nitrogens with one attached hydrogen (secondary N) is 2. The summed E-state index contributed by atoms with van der Waals surface area (Å²) in [5.41, 5.74) is -0.439. The first-order valence-corrected chi connectivity index (χ1v) is 5.08. The second-order valence-electron chi connectivity index (χ2n) is 3.38. The average Bonchev–Trinajstić information content (AvgIpc) is 2.35. The number of hydrogen-bond acceptors (Lipinski definition) is 4. The first-order chi connectivity index (χ1) is 8.93. The molecule has 8 heteroatoms. The summed E-state index contributed by atoms with van der Waals surface area (Å²) in [5.74, 6) is -3.01. The molecule has 0 aromatic heterocycles. The zero-order valence-corrected chi connectivity index (χ0v) is 9.90. The van der Waals surface area contributed by atoms with Gasteiger partial charge in [0.05, 0.1) is 12.7 Å². The highest BCUT2D eigenvalue weighted by molar-refractivity contribution is 5.93. The molecule has 1 rings (SSSR count). The Morgan fingerprint density at radius 1 is 1.37 bits per heavy atom. The molecule has 0 radical (unpaired) electrons. The van der Waals surface area contributed by atoms with Crippen LogP contribution >= 0.6 is 0 Å². The molecular formula is C11H11FN2O5. The predicted molar refractivity (Wildman–Crippen MR) is 62.4 cm³/mol. The fourth-order valence-corrected chi connectivity index (χ4v) is 1.17. The van der Waals surface area contributed by atoms with Gasteiger partial charge >= 0.3 is 18.0 Å². The Morgan fingerprint density at radius 3 is 2.58 bits per heavy atom. The molecule has 1 aromatic carbocycles. The number of carboxylic acid groups (broad SMARTS) is 1. The lowest BCUT2D eigenvalue weighted by Crippen LogP contribution is -2.33. The van der Waals surface area contributed by atoms with Crippen LogP contribution < -0.4 is 10.6 Å². The maximum Gasteiger partial charge on any atom is 0.338 e. The van der Waals surface area contributed by atoms with Crippen LogP contribution in [0.4, 0.5) is 14.9 Å². The van der Waals surface area contributed by atoms with Crippen molar-refractivity contribution in [2.45, 2.75) is 0 Å². The second-order valence-corrected chi connectivity index (χ2v) is 3.38. The zero-order chi connectivity index (χ0) is 14.4. The van der Waals surface area contributed by atoms with Crippen LogP contribution in [0, 0.1) is 5.82 Å². The third-order valence-electron chi connectivity index (χ3n) is 2.08. The fourth-order valence-electron chi connectivity index (χ4n) is 1.17. The van der Waals surface area contributed by atoms with Gasteiger partial charge in [-0.25, -0.2) is 14.0 Å². The Labute approximate surface area is 107 Å². The van der Waals surface area contributed by atoms with E-state index in [9.17, 15) is 18.8 Å². The number of amides is 2. The third kappa shape index (κ3) is 4.26. The Bertz CT molecular complexity index is 518. The molecule has 2 amide bonds. The van der Waals surface area contributed by atoms with E-state index in [4.69, 9.17) is 5.11 Å². The first kappa shape index (κ1) is 14.4. The monoisotopic (exact) mass is 270 g/mol. The molecule has 0 bridgehead atoms. The number of aromatic carboxylic acids is 1. The molecule has 0 aliphatic carbocycles. The van der Waals surface area contributed by atoms with Gasteiger partial charge in [0.25, 0.3) is 0 Å². The minimum atomic E-state index is -1.40. The molecule has 0 unspecified atom stereocenters. The molecule has 3 N–H and O–H groups in total.